The Morgan fingerprint density at radius 2 is 1.52 bits per heavy atom. The maximum Gasteiger partial charge on any atom is 0.251 e. The van der Waals surface area contributed by atoms with Crippen molar-refractivity contribution in [2.45, 2.75) is 31.6 Å². The summed E-state index contributed by atoms with van der Waals surface area (Å²) < 4.78 is 5.20. The number of ether oxygens (including phenoxy) is 1. The molecule has 0 saturated heterocycles. The summed E-state index contributed by atoms with van der Waals surface area (Å²) in [5.41, 5.74) is 7.97. The minimum Gasteiger partial charge on any atom is -0.497 e. The van der Waals surface area contributed by atoms with Gasteiger partial charge < -0.3 is 15.4 Å². The third kappa shape index (κ3) is 4.97. The highest BCUT2D eigenvalue weighted by molar-refractivity contribution is 7.14. The first-order chi connectivity index (χ1) is 21.4. The second-order valence-corrected chi connectivity index (χ2v) is 12.6. The number of nitrogens with one attached hydrogen (secondary N) is 2. The molecule has 2 N–H and O–H groups in total. The van der Waals surface area contributed by atoms with Gasteiger partial charge in [0.2, 0.25) is 5.91 Å². The molecule has 0 aliphatic heterocycles. The molecule has 3 aliphatic rings. The van der Waals surface area contributed by atoms with Crippen LogP contribution in [0.5, 0.6) is 5.75 Å². The summed E-state index contributed by atoms with van der Waals surface area (Å²) in [7, 11) is 1.64. The zero-order valence-corrected chi connectivity index (χ0v) is 25.5. The van der Waals surface area contributed by atoms with Gasteiger partial charge >= 0.3 is 0 Å². The fourth-order valence-corrected chi connectivity index (χ4v) is 7.61. The lowest BCUT2D eigenvalue weighted by molar-refractivity contribution is -0.126. The topological polar surface area (TPSA) is 80.3 Å². The van der Waals surface area contributed by atoms with Crippen molar-refractivity contribution in [2.24, 2.45) is 5.41 Å². The number of carbonyl (C=O) groups is 2. The Balaban J connectivity index is 1.01. The molecule has 44 heavy (non-hydrogen) atoms. The molecule has 0 spiro atoms. The third-order valence-corrected chi connectivity index (χ3v) is 9.93. The highest BCUT2D eigenvalue weighted by Gasteiger charge is 2.54. The average molecular weight is 600 g/mol. The zero-order valence-electron chi connectivity index (χ0n) is 24.7. The van der Waals surface area contributed by atoms with Gasteiger partial charge in [-0.05, 0) is 71.8 Å². The maximum atomic E-state index is 14.0. The van der Waals surface area contributed by atoms with Crippen molar-refractivity contribution in [1.29, 1.82) is 0 Å². The van der Waals surface area contributed by atoms with Crippen LogP contribution in [0.3, 0.4) is 0 Å². The van der Waals surface area contributed by atoms with Crippen molar-refractivity contribution >= 4 is 28.3 Å². The largest absolute Gasteiger partial charge is 0.497 e. The number of hydrogen-bond donors (Lipinski definition) is 2. The van der Waals surface area contributed by atoms with Gasteiger partial charge in [-0.1, -0.05) is 72.8 Å². The number of fused-ring (bicyclic) bond motifs is 1. The Morgan fingerprint density at radius 1 is 0.886 bits per heavy atom. The molecule has 5 aromatic rings. The number of amides is 2. The van der Waals surface area contributed by atoms with Crippen molar-refractivity contribution < 1.29 is 14.3 Å². The summed E-state index contributed by atoms with van der Waals surface area (Å²) in [5, 5.41) is 8.67. The van der Waals surface area contributed by atoms with E-state index in [1.807, 2.05) is 53.9 Å². The number of anilines is 1. The van der Waals surface area contributed by atoms with Crippen LogP contribution in [0.15, 0.2) is 102 Å². The molecule has 6 nitrogen and oxygen atoms in total. The van der Waals surface area contributed by atoms with Crippen LogP contribution in [-0.4, -0.2) is 30.5 Å². The van der Waals surface area contributed by atoms with Crippen LogP contribution in [0.2, 0.25) is 0 Å². The summed E-state index contributed by atoms with van der Waals surface area (Å²) in [5.74, 6) is 0.894. The zero-order chi connectivity index (χ0) is 30.3. The number of benzene rings is 4. The molecule has 8 rings (SSSR count). The van der Waals surface area contributed by atoms with Crippen molar-refractivity contribution in [1.82, 2.24) is 10.3 Å². The van der Waals surface area contributed by atoms with E-state index in [4.69, 9.17) is 9.72 Å². The molecular formula is C37H33N3O3S. The van der Waals surface area contributed by atoms with Gasteiger partial charge in [0.1, 0.15) is 5.75 Å². The lowest BCUT2D eigenvalue weighted by Gasteiger charge is -2.50. The number of methoxy groups -OCH3 is 1. The van der Waals surface area contributed by atoms with Gasteiger partial charge in [0, 0.05) is 34.9 Å². The molecule has 220 valence electrons. The van der Waals surface area contributed by atoms with E-state index in [9.17, 15) is 9.59 Å². The van der Waals surface area contributed by atoms with E-state index in [-0.39, 0.29) is 23.7 Å². The monoisotopic (exact) mass is 599 g/mol. The number of aromatic nitrogens is 1. The second kappa shape index (κ2) is 11.4. The van der Waals surface area contributed by atoms with Gasteiger partial charge in [-0.2, -0.15) is 0 Å². The van der Waals surface area contributed by atoms with E-state index in [1.54, 1.807) is 7.11 Å². The smallest absolute Gasteiger partial charge is 0.251 e. The highest BCUT2D eigenvalue weighted by atomic mass is 32.1. The van der Waals surface area contributed by atoms with Crippen molar-refractivity contribution in [2.75, 3.05) is 19.0 Å². The van der Waals surface area contributed by atoms with Crippen molar-refractivity contribution in [3.05, 3.63) is 136 Å². The second-order valence-electron chi connectivity index (χ2n) is 11.8. The Kier molecular flexibility index (Phi) is 7.26. The molecule has 2 amide bonds. The maximum absolute atomic E-state index is 14.0. The van der Waals surface area contributed by atoms with Gasteiger partial charge in [0.25, 0.3) is 5.91 Å². The van der Waals surface area contributed by atoms with Gasteiger partial charge in [-0.15, -0.1) is 11.3 Å². The first-order valence-electron chi connectivity index (χ1n) is 14.9. The van der Waals surface area contributed by atoms with Crippen LogP contribution >= 0.6 is 11.3 Å². The van der Waals surface area contributed by atoms with Gasteiger partial charge in [0.15, 0.2) is 5.13 Å². The first-order valence-corrected chi connectivity index (χ1v) is 15.8. The van der Waals surface area contributed by atoms with E-state index < -0.39 is 5.41 Å². The molecular weight excluding hydrogens is 566 g/mol. The molecule has 1 atom stereocenters. The van der Waals surface area contributed by atoms with Gasteiger partial charge in [-0.3, -0.25) is 9.59 Å². The Hall–Kier alpha value is -4.75. The van der Waals surface area contributed by atoms with Crippen LogP contribution in [0.4, 0.5) is 5.13 Å². The van der Waals surface area contributed by atoms with Crippen molar-refractivity contribution in [3.63, 3.8) is 0 Å². The molecule has 2 bridgehead atoms. The first kappa shape index (κ1) is 28.0. The fourth-order valence-electron chi connectivity index (χ4n) is 6.90. The molecule has 1 heterocycles. The van der Waals surface area contributed by atoms with Crippen LogP contribution < -0.4 is 15.4 Å². The molecule has 4 aromatic carbocycles. The van der Waals surface area contributed by atoms with E-state index in [0.717, 1.165) is 35.4 Å². The van der Waals surface area contributed by atoms with E-state index >= 15 is 0 Å². The van der Waals surface area contributed by atoms with E-state index in [2.05, 4.69) is 66.1 Å². The quantitative estimate of drug-likeness (QED) is 0.195. The molecule has 3 aliphatic carbocycles. The normalized spacial score (nSPS) is 19.5. The van der Waals surface area contributed by atoms with Crippen LogP contribution in [0, 0.1) is 5.41 Å². The Labute approximate surface area is 261 Å². The van der Waals surface area contributed by atoms with Crippen LogP contribution in [0.1, 0.15) is 63.4 Å². The summed E-state index contributed by atoms with van der Waals surface area (Å²) in [6.07, 6.45) is 1.50. The SMILES string of the molecule is COc1ccc(CCNC(=O)c2ccc(-c3csc(NC(=O)C4(C)CC5c6ccccc6C4c4ccccc45)n3)cc2)cc1. The third-order valence-electron chi connectivity index (χ3n) is 9.17. The van der Waals surface area contributed by atoms with Crippen LogP contribution in [0.25, 0.3) is 11.3 Å². The summed E-state index contributed by atoms with van der Waals surface area (Å²) in [6.45, 7) is 2.64. The summed E-state index contributed by atoms with van der Waals surface area (Å²) in [6, 6.07) is 32.4. The predicted molar refractivity (Wildman–Crippen MR) is 175 cm³/mol. The van der Waals surface area contributed by atoms with Gasteiger partial charge in [-0.25, -0.2) is 4.98 Å². The molecule has 1 aromatic heterocycles. The minimum absolute atomic E-state index is 0.000866. The Bertz CT molecular complexity index is 1800. The lowest BCUT2D eigenvalue weighted by Crippen LogP contribution is -2.47. The number of hydrogen-bond acceptors (Lipinski definition) is 5. The Morgan fingerprint density at radius 3 is 2.16 bits per heavy atom. The fraction of sp³-hybridized carbons (Fsp3) is 0.216. The van der Waals surface area contributed by atoms with E-state index in [1.165, 1.54) is 33.6 Å². The van der Waals surface area contributed by atoms with E-state index in [0.29, 0.717) is 17.2 Å². The summed E-state index contributed by atoms with van der Waals surface area (Å²) in [4.78, 5) is 31.4. The van der Waals surface area contributed by atoms with Crippen LogP contribution in [-0.2, 0) is 11.2 Å². The molecule has 0 radical (unpaired) electrons. The standard InChI is InChI=1S/C37H33N3O3S/c1-37(21-31-27-7-3-5-9-29(27)33(37)30-10-6-4-8-28(30)31)35(42)40-36-39-32(22-44-36)24-13-15-25(16-14-24)34(41)38-20-19-23-11-17-26(43-2)18-12-23/h3-18,22,31,33H,19-21H2,1-2H3,(H,38,41)(H,39,40,42). The lowest BCUT2D eigenvalue weighted by atomic mass is 9.52. The number of carbonyl (C=O) groups excluding carboxylic acids is 2. The number of nitrogens with zero attached hydrogens (tertiary/aromatic N) is 1. The van der Waals surface area contributed by atoms with Gasteiger partial charge in [0.05, 0.1) is 18.2 Å². The number of thiazole rings is 1. The predicted octanol–water partition coefficient (Wildman–Crippen LogP) is 7.42. The average Bonchev–Trinajstić information content (AvgIpc) is 3.53. The number of rotatable bonds is 8. The molecule has 7 heteroatoms. The molecule has 1 unspecified atom stereocenters. The minimum atomic E-state index is -0.596. The molecule has 0 fully saturated rings. The molecule has 0 saturated carbocycles. The highest BCUT2D eigenvalue weighted by Crippen LogP contribution is 2.61. The van der Waals surface area contributed by atoms with Crippen molar-refractivity contribution in [3.8, 4) is 17.0 Å². The summed E-state index contributed by atoms with van der Waals surface area (Å²) >= 11 is 1.42.